The Kier molecular flexibility index (Phi) is 4.76. The minimum absolute atomic E-state index is 0.0392. The zero-order valence-corrected chi connectivity index (χ0v) is 12.3. The second kappa shape index (κ2) is 6.35. The molecule has 2 rings (SSSR count). The molecule has 1 heterocycles. The van der Waals surface area contributed by atoms with E-state index >= 15 is 0 Å². The van der Waals surface area contributed by atoms with Crippen molar-refractivity contribution >= 4 is 10.0 Å². The van der Waals surface area contributed by atoms with Crippen LogP contribution in [0.1, 0.15) is 25.3 Å². The molecule has 0 amide bonds. The highest BCUT2D eigenvalue weighted by Crippen LogP contribution is 2.22. The number of nitrogens with zero attached hydrogens (tertiary/aromatic N) is 2. The lowest BCUT2D eigenvalue weighted by Crippen LogP contribution is -2.43. The number of ether oxygens (including phenoxy) is 1. The molecule has 1 saturated heterocycles. The minimum Gasteiger partial charge on any atom is -0.377 e. The van der Waals surface area contributed by atoms with E-state index in [1.54, 1.807) is 12.1 Å². The molecule has 0 bridgehead atoms. The fourth-order valence-electron chi connectivity index (χ4n) is 2.37. The van der Waals surface area contributed by atoms with Gasteiger partial charge in [-0.3, -0.25) is 0 Å². The van der Waals surface area contributed by atoms with E-state index in [1.807, 2.05) is 13.0 Å². The average molecular weight is 294 g/mol. The van der Waals surface area contributed by atoms with Gasteiger partial charge < -0.3 is 4.74 Å². The molecule has 108 valence electrons. The highest BCUT2D eigenvalue weighted by molar-refractivity contribution is 7.89. The normalized spacial score (nSPS) is 20.5. The van der Waals surface area contributed by atoms with Crippen molar-refractivity contribution in [3.63, 3.8) is 0 Å². The molecule has 20 heavy (non-hydrogen) atoms. The molecule has 0 aromatic heterocycles. The molecule has 0 spiro atoms. The molecule has 0 aliphatic carbocycles. The Hall–Kier alpha value is -1.42. The van der Waals surface area contributed by atoms with Crippen LogP contribution < -0.4 is 0 Å². The van der Waals surface area contributed by atoms with E-state index in [-0.39, 0.29) is 11.0 Å². The first-order chi connectivity index (χ1) is 9.57. The summed E-state index contributed by atoms with van der Waals surface area (Å²) < 4.78 is 32.1. The van der Waals surface area contributed by atoms with Crippen molar-refractivity contribution in [3.8, 4) is 6.07 Å². The molecule has 1 aliphatic rings. The van der Waals surface area contributed by atoms with Crippen LogP contribution in [0.2, 0.25) is 0 Å². The highest BCUT2D eigenvalue weighted by atomic mass is 32.2. The fourth-order valence-corrected chi connectivity index (χ4v) is 3.93. The number of hydrogen-bond acceptors (Lipinski definition) is 4. The molecule has 6 heteroatoms. The molecular weight excluding hydrogens is 276 g/mol. The first-order valence-corrected chi connectivity index (χ1v) is 8.14. The highest BCUT2D eigenvalue weighted by Gasteiger charge is 2.30. The molecule has 1 unspecified atom stereocenters. The number of rotatable bonds is 4. The van der Waals surface area contributed by atoms with Crippen molar-refractivity contribution in [2.24, 2.45) is 0 Å². The van der Waals surface area contributed by atoms with Crippen LogP contribution in [0, 0.1) is 11.3 Å². The summed E-state index contributed by atoms with van der Waals surface area (Å²) in [7, 11) is -3.54. The van der Waals surface area contributed by atoms with Crippen LogP contribution >= 0.6 is 0 Å². The maximum atomic E-state index is 12.6. The third kappa shape index (κ3) is 3.18. The first-order valence-electron chi connectivity index (χ1n) is 6.70. The van der Waals surface area contributed by atoms with Crippen molar-refractivity contribution in [3.05, 3.63) is 29.8 Å². The summed E-state index contributed by atoms with van der Waals surface area (Å²) in [6.45, 7) is 3.38. The number of nitriles is 1. The molecule has 1 fully saturated rings. The maximum Gasteiger partial charge on any atom is 0.243 e. The molecule has 0 saturated carbocycles. The van der Waals surface area contributed by atoms with Crippen molar-refractivity contribution in [1.82, 2.24) is 4.31 Å². The Morgan fingerprint density at radius 2 is 2.30 bits per heavy atom. The van der Waals surface area contributed by atoms with Gasteiger partial charge in [0.05, 0.1) is 22.6 Å². The molecular formula is C14H18N2O3S. The average Bonchev–Trinajstić information content (AvgIpc) is 2.48. The Morgan fingerprint density at radius 3 is 3.00 bits per heavy atom. The van der Waals surface area contributed by atoms with E-state index in [2.05, 4.69) is 0 Å². The summed E-state index contributed by atoms with van der Waals surface area (Å²) in [5.74, 6) is 0. The van der Waals surface area contributed by atoms with Gasteiger partial charge in [-0.1, -0.05) is 6.07 Å². The van der Waals surface area contributed by atoms with Gasteiger partial charge in [-0.2, -0.15) is 9.57 Å². The van der Waals surface area contributed by atoms with Crippen LogP contribution in [0.25, 0.3) is 0 Å². The van der Waals surface area contributed by atoms with E-state index < -0.39 is 10.0 Å². The summed E-state index contributed by atoms with van der Waals surface area (Å²) in [6.07, 6.45) is 1.64. The Bertz CT molecular complexity index is 605. The van der Waals surface area contributed by atoms with Gasteiger partial charge in [0.2, 0.25) is 10.0 Å². The zero-order valence-electron chi connectivity index (χ0n) is 11.4. The second-order valence-electron chi connectivity index (χ2n) is 4.72. The van der Waals surface area contributed by atoms with Crippen LogP contribution in [0.3, 0.4) is 0 Å². The van der Waals surface area contributed by atoms with E-state index in [0.29, 0.717) is 25.3 Å². The summed E-state index contributed by atoms with van der Waals surface area (Å²) in [5, 5.41) is 8.87. The van der Waals surface area contributed by atoms with Crippen molar-refractivity contribution < 1.29 is 13.2 Å². The van der Waals surface area contributed by atoms with Gasteiger partial charge in [0, 0.05) is 19.7 Å². The predicted octanol–water partition coefficient (Wildman–Crippen LogP) is 1.75. The molecule has 0 radical (unpaired) electrons. The van der Waals surface area contributed by atoms with Crippen LogP contribution in [0.15, 0.2) is 29.2 Å². The Balaban J connectivity index is 2.23. The Morgan fingerprint density at radius 1 is 1.50 bits per heavy atom. The van der Waals surface area contributed by atoms with Gasteiger partial charge in [0.1, 0.15) is 0 Å². The third-order valence-electron chi connectivity index (χ3n) is 3.34. The van der Waals surface area contributed by atoms with E-state index in [1.165, 1.54) is 16.4 Å². The van der Waals surface area contributed by atoms with E-state index in [0.717, 1.165) is 12.8 Å². The van der Waals surface area contributed by atoms with Gasteiger partial charge in [0.25, 0.3) is 0 Å². The predicted molar refractivity (Wildman–Crippen MR) is 74.6 cm³/mol. The molecule has 1 aromatic rings. The van der Waals surface area contributed by atoms with Crippen molar-refractivity contribution in [1.29, 1.82) is 5.26 Å². The van der Waals surface area contributed by atoms with Gasteiger partial charge in [0.15, 0.2) is 0 Å². The zero-order chi connectivity index (χ0) is 14.6. The quantitative estimate of drug-likeness (QED) is 0.848. The molecule has 0 N–H and O–H groups in total. The van der Waals surface area contributed by atoms with Gasteiger partial charge >= 0.3 is 0 Å². The first kappa shape index (κ1) is 15.0. The summed E-state index contributed by atoms with van der Waals surface area (Å²) in [5.41, 5.74) is 0.351. The number of benzene rings is 1. The summed E-state index contributed by atoms with van der Waals surface area (Å²) in [6, 6.07) is 8.10. The smallest absolute Gasteiger partial charge is 0.243 e. The second-order valence-corrected chi connectivity index (χ2v) is 6.66. The van der Waals surface area contributed by atoms with Crippen molar-refractivity contribution in [2.45, 2.75) is 30.8 Å². The van der Waals surface area contributed by atoms with E-state index in [4.69, 9.17) is 10.00 Å². The molecule has 1 aromatic carbocycles. The van der Waals surface area contributed by atoms with E-state index in [9.17, 15) is 8.42 Å². The van der Waals surface area contributed by atoms with Crippen LogP contribution in [0.5, 0.6) is 0 Å². The third-order valence-corrected chi connectivity index (χ3v) is 5.21. The lowest BCUT2D eigenvalue weighted by molar-refractivity contribution is 0.0265. The lowest BCUT2D eigenvalue weighted by atomic mass is 10.1. The fraction of sp³-hybridized carbons (Fsp3) is 0.500. The van der Waals surface area contributed by atoms with Gasteiger partial charge in [-0.15, -0.1) is 0 Å². The van der Waals surface area contributed by atoms with Crippen LogP contribution in [-0.4, -0.2) is 38.5 Å². The number of hydrogen-bond donors (Lipinski definition) is 0. The maximum absolute atomic E-state index is 12.6. The van der Waals surface area contributed by atoms with Crippen LogP contribution in [0.4, 0.5) is 0 Å². The lowest BCUT2D eigenvalue weighted by Gasteiger charge is -2.31. The number of sulfonamides is 1. The summed E-state index contributed by atoms with van der Waals surface area (Å²) >= 11 is 0. The monoisotopic (exact) mass is 294 g/mol. The molecule has 5 nitrogen and oxygen atoms in total. The standard InChI is InChI=1S/C14H18N2O3S/c1-2-19-13-6-4-8-16(11-13)20(17,18)14-7-3-5-12(9-14)10-15/h3,5,7,9,13H,2,4,6,8,11H2,1H3. The van der Waals surface area contributed by atoms with Gasteiger partial charge in [-0.05, 0) is 38.0 Å². The van der Waals surface area contributed by atoms with Crippen molar-refractivity contribution in [2.75, 3.05) is 19.7 Å². The number of piperidine rings is 1. The molecule has 1 aliphatic heterocycles. The largest absolute Gasteiger partial charge is 0.377 e. The minimum atomic E-state index is -3.54. The summed E-state index contributed by atoms with van der Waals surface area (Å²) in [4.78, 5) is 0.175. The topological polar surface area (TPSA) is 70.4 Å². The van der Waals surface area contributed by atoms with Gasteiger partial charge in [-0.25, -0.2) is 8.42 Å². The SMILES string of the molecule is CCOC1CCCN(S(=O)(=O)c2cccc(C#N)c2)C1. The van der Waals surface area contributed by atoms with Crippen LogP contribution in [-0.2, 0) is 14.8 Å². The molecule has 1 atom stereocenters. The Labute approximate surface area is 119 Å².